The summed E-state index contributed by atoms with van der Waals surface area (Å²) in [7, 11) is 0. The molecule has 0 bridgehead atoms. The molecule has 0 spiro atoms. The largest absolute Gasteiger partial charge is 0.508 e. The van der Waals surface area contributed by atoms with E-state index in [9.17, 15) is 5.11 Å². The highest BCUT2D eigenvalue weighted by molar-refractivity contribution is 5.34. The van der Waals surface area contributed by atoms with Crippen LogP contribution < -0.4 is 5.32 Å². The van der Waals surface area contributed by atoms with Crippen LogP contribution in [0.15, 0.2) is 24.3 Å². The second-order valence-corrected chi connectivity index (χ2v) is 5.94. The molecular formula is C17H28N2O. The van der Waals surface area contributed by atoms with Crippen LogP contribution in [-0.4, -0.2) is 36.2 Å². The molecule has 20 heavy (non-hydrogen) atoms. The van der Waals surface area contributed by atoms with Gasteiger partial charge in [0, 0.05) is 18.2 Å². The maximum absolute atomic E-state index is 10.1. The Labute approximate surface area is 123 Å². The molecule has 0 amide bonds. The summed E-state index contributed by atoms with van der Waals surface area (Å²) in [5.41, 5.74) is 1.05. The fraction of sp³-hybridized carbons (Fsp3) is 0.647. The average Bonchev–Trinajstić information content (AvgIpc) is 2.48. The summed E-state index contributed by atoms with van der Waals surface area (Å²) in [6, 6.07) is 8.01. The lowest BCUT2D eigenvalue weighted by molar-refractivity contribution is 0.161. The fourth-order valence-electron chi connectivity index (χ4n) is 3.18. The van der Waals surface area contributed by atoms with Crippen LogP contribution in [0.5, 0.6) is 5.75 Å². The average molecular weight is 276 g/mol. The highest BCUT2D eigenvalue weighted by Crippen LogP contribution is 2.29. The molecular weight excluding hydrogens is 248 g/mol. The van der Waals surface area contributed by atoms with Crippen LogP contribution >= 0.6 is 0 Å². The van der Waals surface area contributed by atoms with Crippen molar-refractivity contribution in [2.24, 2.45) is 5.92 Å². The van der Waals surface area contributed by atoms with E-state index in [0.29, 0.717) is 5.75 Å². The van der Waals surface area contributed by atoms with Gasteiger partial charge in [0.1, 0.15) is 5.75 Å². The van der Waals surface area contributed by atoms with E-state index in [1.165, 1.54) is 19.4 Å². The zero-order chi connectivity index (χ0) is 14.4. The first kappa shape index (κ1) is 15.3. The van der Waals surface area contributed by atoms with Gasteiger partial charge in [-0.2, -0.15) is 0 Å². The molecule has 0 aromatic heterocycles. The topological polar surface area (TPSA) is 35.5 Å². The zero-order valence-electron chi connectivity index (χ0n) is 12.8. The van der Waals surface area contributed by atoms with Gasteiger partial charge in [0.25, 0.3) is 0 Å². The highest BCUT2D eigenvalue weighted by Gasteiger charge is 2.22. The van der Waals surface area contributed by atoms with Gasteiger partial charge in [-0.15, -0.1) is 0 Å². The van der Waals surface area contributed by atoms with Crippen molar-refractivity contribution < 1.29 is 5.11 Å². The number of nitrogens with one attached hydrogen (secondary N) is 1. The Morgan fingerprint density at radius 1 is 1.40 bits per heavy atom. The van der Waals surface area contributed by atoms with E-state index in [2.05, 4.69) is 24.1 Å². The Hall–Kier alpha value is -1.06. The van der Waals surface area contributed by atoms with Crippen molar-refractivity contribution in [3.63, 3.8) is 0 Å². The van der Waals surface area contributed by atoms with Crippen molar-refractivity contribution in [2.45, 2.75) is 39.2 Å². The van der Waals surface area contributed by atoms with Gasteiger partial charge in [0.15, 0.2) is 0 Å². The van der Waals surface area contributed by atoms with E-state index in [1.807, 2.05) is 18.2 Å². The molecule has 3 heteroatoms. The van der Waals surface area contributed by atoms with Gasteiger partial charge in [-0.05, 0) is 57.8 Å². The highest BCUT2D eigenvalue weighted by atomic mass is 16.3. The van der Waals surface area contributed by atoms with Gasteiger partial charge < -0.3 is 10.4 Å². The molecule has 1 aromatic rings. The molecule has 2 unspecified atom stereocenters. The van der Waals surface area contributed by atoms with Gasteiger partial charge >= 0.3 is 0 Å². The number of rotatable bonds is 6. The van der Waals surface area contributed by atoms with Gasteiger partial charge in [0.2, 0.25) is 0 Å². The van der Waals surface area contributed by atoms with Gasteiger partial charge in [-0.1, -0.05) is 25.1 Å². The number of hydrogen-bond acceptors (Lipinski definition) is 3. The van der Waals surface area contributed by atoms with E-state index >= 15 is 0 Å². The minimum Gasteiger partial charge on any atom is -0.508 e. The quantitative estimate of drug-likeness (QED) is 0.838. The van der Waals surface area contributed by atoms with Crippen molar-refractivity contribution >= 4 is 0 Å². The number of phenolic OH excluding ortho intramolecular Hbond substituents is 1. The minimum atomic E-state index is 0.276. The monoisotopic (exact) mass is 276 g/mol. The molecule has 2 rings (SSSR count). The van der Waals surface area contributed by atoms with Crippen molar-refractivity contribution in [2.75, 3.05) is 26.2 Å². The molecule has 1 heterocycles. The lowest BCUT2D eigenvalue weighted by Gasteiger charge is -2.34. The standard InChI is InChI=1S/C17H28N2O/c1-3-11-19(13-15-7-6-10-18-12-15)14(2)16-8-4-5-9-17(16)20/h4-5,8-9,14-15,18,20H,3,6-7,10-13H2,1-2H3. The SMILES string of the molecule is CCCN(CC1CCCNC1)C(C)c1ccccc1O. The Morgan fingerprint density at radius 3 is 2.85 bits per heavy atom. The van der Waals surface area contributed by atoms with E-state index in [-0.39, 0.29) is 6.04 Å². The second kappa shape index (κ2) is 7.65. The molecule has 3 nitrogen and oxygen atoms in total. The number of para-hydroxylation sites is 1. The Bertz CT molecular complexity index is 402. The van der Waals surface area contributed by atoms with Crippen LogP contribution in [0.25, 0.3) is 0 Å². The first-order valence-electron chi connectivity index (χ1n) is 7.95. The molecule has 2 atom stereocenters. The second-order valence-electron chi connectivity index (χ2n) is 5.94. The summed E-state index contributed by atoms with van der Waals surface area (Å²) >= 11 is 0. The zero-order valence-corrected chi connectivity index (χ0v) is 12.8. The third-order valence-corrected chi connectivity index (χ3v) is 4.34. The predicted octanol–water partition coefficient (Wildman–Crippen LogP) is 3.16. The summed E-state index contributed by atoms with van der Waals surface area (Å²) in [4.78, 5) is 2.52. The molecule has 0 aliphatic carbocycles. The van der Waals surface area contributed by atoms with Crippen molar-refractivity contribution in [1.29, 1.82) is 0 Å². The normalized spacial score (nSPS) is 21.1. The van der Waals surface area contributed by atoms with Gasteiger partial charge in [-0.25, -0.2) is 0 Å². The summed E-state index contributed by atoms with van der Waals surface area (Å²) in [6.07, 6.45) is 3.76. The van der Waals surface area contributed by atoms with Crippen molar-refractivity contribution in [1.82, 2.24) is 10.2 Å². The number of benzene rings is 1. The summed E-state index contributed by atoms with van der Waals surface area (Å²) in [5.74, 6) is 1.16. The van der Waals surface area contributed by atoms with E-state index < -0.39 is 0 Å². The molecule has 1 saturated heterocycles. The smallest absolute Gasteiger partial charge is 0.120 e. The molecule has 0 saturated carbocycles. The number of aromatic hydroxyl groups is 1. The molecule has 0 radical (unpaired) electrons. The lowest BCUT2D eigenvalue weighted by atomic mass is 9.97. The van der Waals surface area contributed by atoms with Crippen molar-refractivity contribution in [3.05, 3.63) is 29.8 Å². The van der Waals surface area contributed by atoms with Crippen LogP contribution in [0.2, 0.25) is 0 Å². The number of piperidine rings is 1. The van der Waals surface area contributed by atoms with Gasteiger partial charge in [-0.3, -0.25) is 4.90 Å². The van der Waals surface area contributed by atoms with E-state index in [4.69, 9.17) is 0 Å². The van der Waals surface area contributed by atoms with E-state index in [1.54, 1.807) is 6.07 Å². The van der Waals surface area contributed by atoms with E-state index in [0.717, 1.165) is 37.5 Å². The summed E-state index contributed by atoms with van der Waals surface area (Å²) in [5, 5.41) is 13.6. The first-order chi connectivity index (χ1) is 9.72. The van der Waals surface area contributed by atoms with Gasteiger partial charge in [0.05, 0.1) is 0 Å². The summed E-state index contributed by atoms with van der Waals surface area (Å²) in [6.45, 7) is 8.94. The molecule has 112 valence electrons. The molecule has 1 aliphatic rings. The Morgan fingerprint density at radius 2 is 2.20 bits per heavy atom. The number of phenols is 1. The number of hydrogen-bond donors (Lipinski definition) is 2. The van der Waals surface area contributed by atoms with Crippen LogP contribution in [0.1, 0.15) is 44.7 Å². The maximum Gasteiger partial charge on any atom is 0.120 e. The molecule has 1 aromatic carbocycles. The van der Waals surface area contributed by atoms with Crippen LogP contribution in [0.3, 0.4) is 0 Å². The first-order valence-corrected chi connectivity index (χ1v) is 7.95. The van der Waals surface area contributed by atoms with Crippen LogP contribution in [0, 0.1) is 5.92 Å². The predicted molar refractivity (Wildman–Crippen MR) is 84.0 cm³/mol. The molecule has 2 N–H and O–H groups in total. The Balaban J connectivity index is 2.04. The summed E-state index contributed by atoms with van der Waals surface area (Å²) < 4.78 is 0. The van der Waals surface area contributed by atoms with Crippen LogP contribution in [-0.2, 0) is 0 Å². The Kier molecular flexibility index (Phi) is 5.86. The number of nitrogens with zero attached hydrogens (tertiary/aromatic N) is 1. The molecule has 1 aliphatic heterocycles. The lowest BCUT2D eigenvalue weighted by Crippen LogP contribution is -2.39. The molecule has 1 fully saturated rings. The third-order valence-electron chi connectivity index (χ3n) is 4.34. The van der Waals surface area contributed by atoms with Crippen molar-refractivity contribution in [3.8, 4) is 5.75 Å². The van der Waals surface area contributed by atoms with Crippen LogP contribution in [0.4, 0.5) is 0 Å². The maximum atomic E-state index is 10.1. The minimum absolute atomic E-state index is 0.276. The fourth-order valence-corrected chi connectivity index (χ4v) is 3.18. The third kappa shape index (κ3) is 3.97.